The maximum atomic E-state index is 11.2. The van der Waals surface area contributed by atoms with E-state index in [4.69, 9.17) is 0 Å². The third-order valence-corrected chi connectivity index (χ3v) is 2.93. The zero-order chi connectivity index (χ0) is 11.5. The van der Waals surface area contributed by atoms with Gasteiger partial charge in [-0.25, -0.2) is 4.72 Å². The summed E-state index contributed by atoms with van der Waals surface area (Å²) in [6.07, 6.45) is -0.621. The molecule has 0 fully saturated rings. The number of nitrogens with one attached hydrogen (secondary N) is 2. The fraction of sp³-hybridized carbons (Fsp3) is 0.333. The molecule has 0 spiro atoms. The van der Waals surface area contributed by atoms with Gasteiger partial charge in [0.05, 0.1) is 11.8 Å². The first-order valence-corrected chi connectivity index (χ1v) is 5.92. The van der Waals surface area contributed by atoms with Crippen LogP contribution in [0.2, 0.25) is 0 Å². The average molecular weight is 230 g/mol. The minimum absolute atomic E-state index is 0.419. The highest BCUT2D eigenvalue weighted by Crippen LogP contribution is 2.17. The first-order valence-electron chi connectivity index (χ1n) is 4.44. The van der Waals surface area contributed by atoms with Crippen molar-refractivity contribution in [3.63, 3.8) is 0 Å². The number of aliphatic hydroxyl groups is 1. The minimum Gasteiger partial charge on any atom is -0.389 e. The Bertz CT molecular complexity index is 429. The molecule has 0 aliphatic heterocycles. The van der Waals surface area contributed by atoms with Crippen molar-refractivity contribution in [2.45, 2.75) is 13.0 Å². The highest BCUT2D eigenvalue weighted by atomic mass is 32.2. The Morgan fingerprint density at radius 2 is 2.07 bits per heavy atom. The second-order valence-corrected chi connectivity index (χ2v) is 4.73. The Hall–Kier alpha value is -1.11. The van der Waals surface area contributed by atoms with Crippen molar-refractivity contribution < 1.29 is 13.5 Å². The molecular formula is C9H14N2O3S. The van der Waals surface area contributed by atoms with Crippen LogP contribution < -0.4 is 9.44 Å². The van der Waals surface area contributed by atoms with E-state index in [0.29, 0.717) is 11.3 Å². The summed E-state index contributed by atoms with van der Waals surface area (Å²) >= 11 is 0. The second kappa shape index (κ2) is 4.61. The lowest BCUT2D eigenvalue weighted by molar-refractivity contribution is 0.199. The van der Waals surface area contributed by atoms with Crippen molar-refractivity contribution in [2.24, 2.45) is 0 Å². The number of benzene rings is 1. The number of aliphatic hydroxyl groups excluding tert-OH is 1. The molecule has 6 heteroatoms. The Labute approximate surface area is 89.3 Å². The molecule has 15 heavy (non-hydrogen) atoms. The maximum absolute atomic E-state index is 11.2. The van der Waals surface area contributed by atoms with Crippen LogP contribution in [0, 0.1) is 0 Å². The average Bonchev–Trinajstić information content (AvgIpc) is 2.17. The van der Waals surface area contributed by atoms with Crippen molar-refractivity contribution in [3.05, 3.63) is 29.8 Å². The summed E-state index contributed by atoms with van der Waals surface area (Å²) in [5.41, 5.74) is 1.08. The SMILES string of the molecule is CNS(=O)(=O)Nc1cccc(C(C)O)c1. The molecule has 84 valence electrons. The van der Waals surface area contributed by atoms with Gasteiger partial charge in [0.25, 0.3) is 10.2 Å². The third kappa shape index (κ3) is 3.50. The monoisotopic (exact) mass is 230 g/mol. The van der Waals surface area contributed by atoms with E-state index in [0.717, 1.165) is 0 Å². The van der Waals surface area contributed by atoms with Crippen LogP contribution >= 0.6 is 0 Å². The summed E-state index contributed by atoms with van der Waals surface area (Å²) in [6, 6.07) is 6.59. The summed E-state index contributed by atoms with van der Waals surface area (Å²) in [5.74, 6) is 0. The van der Waals surface area contributed by atoms with Gasteiger partial charge in [-0.2, -0.15) is 8.42 Å². The quantitative estimate of drug-likeness (QED) is 0.709. The van der Waals surface area contributed by atoms with Crippen LogP contribution in [0.1, 0.15) is 18.6 Å². The van der Waals surface area contributed by atoms with Crippen LogP contribution in [0.4, 0.5) is 5.69 Å². The molecule has 1 rings (SSSR count). The van der Waals surface area contributed by atoms with E-state index in [-0.39, 0.29) is 0 Å². The summed E-state index contributed by atoms with van der Waals surface area (Å²) in [6.45, 7) is 1.62. The summed E-state index contributed by atoms with van der Waals surface area (Å²) in [5, 5.41) is 9.31. The van der Waals surface area contributed by atoms with Gasteiger partial charge in [-0.1, -0.05) is 12.1 Å². The summed E-state index contributed by atoms with van der Waals surface area (Å²) in [7, 11) is -2.18. The molecule has 0 aromatic heterocycles. The zero-order valence-corrected chi connectivity index (χ0v) is 9.38. The molecule has 0 bridgehead atoms. The van der Waals surface area contributed by atoms with Gasteiger partial charge in [0.1, 0.15) is 0 Å². The smallest absolute Gasteiger partial charge is 0.298 e. The molecule has 0 aliphatic rings. The van der Waals surface area contributed by atoms with Gasteiger partial charge in [-0.3, -0.25) is 4.72 Å². The molecule has 0 saturated carbocycles. The van der Waals surface area contributed by atoms with Gasteiger partial charge >= 0.3 is 0 Å². The molecule has 5 nitrogen and oxygen atoms in total. The third-order valence-electron chi connectivity index (χ3n) is 1.89. The van der Waals surface area contributed by atoms with Crippen LogP contribution in [0.5, 0.6) is 0 Å². The molecule has 1 unspecified atom stereocenters. The van der Waals surface area contributed by atoms with Gasteiger partial charge in [-0.15, -0.1) is 0 Å². The van der Waals surface area contributed by atoms with Crippen molar-refractivity contribution in [2.75, 3.05) is 11.8 Å². The Morgan fingerprint density at radius 1 is 1.40 bits per heavy atom. The number of rotatable bonds is 4. The summed E-state index contributed by atoms with van der Waals surface area (Å²) in [4.78, 5) is 0. The fourth-order valence-corrected chi connectivity index (χ4v) is 1.61. The van der Waals surface area contributed by atoms with E-state index in [1.54, 1.807) is 31.2 Å². The van der Waals surface area contributed by atoms with Gasteiger partial charge in [-0.05, 0) is 24.6 Å². The molecule has 0 radical (unpaired) electrons. The molecule has 1 aromatic rings. The molecule has 1 aromatic carbocycles. The van der Waals surface area contributed by atoms with Gasteiger partial charge in [0, 0.05) is 7.05 Å². The first-order chi connectivity index (χ1) is 6.94. The van der Waals surface area contributed by atoms with Crippen LogP contribution in [-0.2, 0) is 10.2 Å². The highest BCUT2D eigenvalue weighted by Gasteiger charge is 2.07. The molecule has 3 N–H and O–H groups in total. The number of anilines is 1. The molecule has 0 amide bonds. The fourth-order valence-electron chi connectivity index (χ4n) is 1.07. The van der Waals surface area contributed by atoms with Crippen LogP contribution in [0.15, 0.2) is 24.3 Å². The van der Waals surface area contributed by atoms with Crippen LogP contribution in [0.25, 0.3) is 0 Å². The van der Waals surface area contributed by atoms with Crippen LogP contribution in [0.3, 0.4) is 0 Å². The van der Waals surface area contributed by atoms with E-state index < -0.39 is 16.3 Å². The molecular weight excluding hydrogens is 216 g/mol. The molecule has 0 aliphatic carbocycles. The largest absolute Gasteiger partial charge is 0.389 e. The maximum Gasteiger partial charge on any atom is 0.298 e. The highest BCUT2D eigenvalue weighted by molar-refractivity contribution is 7.90. The van der Waals surface area contributed by atoms with E-state index in [2.05, 4.69) is 9.44 Å². The lowest BCUT2D eigenvalue weighted by Gasteiger charge is -2.09. The van der Waals surface area contributed by atoms with Crippen molar-refractivity contribution in [1.29, 1.82) is 0 Å². The molecule has 1 atom stereocenters. The lowest BCUT2D eigenvalue weighted by atomic mass is 10.1. The predicted molar refractivity (Wildman–Crippen MR) is 58.7 cm³/mol. The van der Waals surface area contributed by atoms with Gasteiger partial charge in [0.15, 0.2) is 0 Å². The lowest BCUT2D eigenvalue weighted by Crippen LogP contribution is -2.26. The normalized spacial score (nSPS) is 13.5. The second-order valence-electron chi connectivity index (χ2n) is 3.11. The summed E-state index contributed by atoms with van der Waals surface area (Å²) < 4.78 is 26.8. The zero-order valence-electron chi connectivity index (χ0n) is 8.56. The number of hydrogen-bond donors (Lipinski definition) is 3. The van der Waals surface area contributed by atoms with Gasteiger partial charge < -0.3 is 5.11 Å². The molecule has 0 heterocycles. The Kier molecular flexibility index (Phi) is 3.67. The van der Waals surface area contributed by atoms with E-state index >= 15 is 0 Å². The van der Waals surface area contributed by atoms with Crippen molar-refractivity contribution in [1.82, 2.24) is 4.72 Å². The first kappa shape index (κ1) is 12.0. The predicted octanol–water partition coefficient (Wildman–Crippen LogP) is 0.616. The molecule has 0 saturated heterocycles. The Balaban J connectivity index is 2.92. The van der Waals surface area contributed by atoms with E-state index in [1.807, 2.05) is 0 Å². The number of hydrogen-bond acceptors (Lipinski definition) is 3. The van der Waals surface area contributed by atoms with Gasteiger partial charge in [0.2, 0.25) is 0 Å². The Morgan fingerprint density at radius 3 is 2.60 bits per heavy atom. The minimum atomic E-state index is -3.50. The van der Waals surface area contributed by atoms with E-state index in [1.165, 1.54) is 7.05 Å². The van der Waals surface area contributed by atoms with Crippen molar-refractivity contribution in [3.8, 4) is 0 Å². The van der Waals surface area contributed by atoms with Crippen molar-refractivity contribution >= 4 is 15.9 Å². The standard InChI is InChI=1S/C9H14N2O3S/c1-7(12)8-4-3-5-9(6-8)11-15(13,14)10-2/h3-7,10-12H,1-2H3. The van der Waals surface area contributed by atoms with Crippen LogP contribution in [-0.4, -0.2) is 20.6 Å². The topological polar surface area (TPSA) is 78.4 Å². The van der Waals surface area contributed by atoms with E-state index in [9.17, 15) is 13.5 Å².